The molecule has 1 saturated heterocycles. The highest BCUT2D eigenvalue weighted by molar-refractivity contribution is 7.09. The summed E-state index contributed by atoms with van der Waals surface area (Å²) in [6.45, 7) is 1.34. The molecule has 1 aromatic heterocycles. The highest BCUT2D eigenvalue weighted by Gasteiger charge is 2.26. The van der Waals surface area contributed by atoms with Crippen LogP contribution in [-0.2, 0) is 11.2 Å². The number of rotatable bonds is 4. The second-order valence-electron chi connectivity index (χ2n) is 4.68. The van der Waals surface area contributed by atoms with Crippen molar-refractivity contribution in [3.63, 3.8) is 0 Å². The lowest BCUT2D eigenvalue weighted by atomic mass is 10.1. The first-order valence-electron chi connectivity index (χ1n) is 6.37. The molecule has 4 nitrogen and oxygen atoms in total. The lowest BCUT2D eigenvalue weighted by molar-refractivity contribution is -0.135. The lowest BCUT2D eigenvalue weighted by Gasteiger charge is -2.32. The number of thiophene rings is 1. The Bertz CT molecular complexity index is 372. The van der Waals surface area contributed by atoms with Crippen LogP contribution >= 0.6 is 11.3 Å². The zero-order valence-corrected chi connectivity index (χ0v) is 11.4. The van der Waals surface area contributed by atoms with Gasteiger partial charge in [-0.25, -0.2) is 0 Å². The van der Waals surface area contributed by atoms with E-state index in [-0.39, 0.29) is 18.1 Å². The molecule has 1 amide bonds. The molecule has 18 heavy (non-hydrogen) atoms. The fourth-order valence-electron chi connectivity index (χ4n) is 2.25. The van der Waals surface area contributed by atoms with Gasteiger partial charge in [-0.1, -0.05) is 6.07 Å². The number of carbonyl (C=O) groups excluding carboxylic acids is 1. The van der Waals surface area contributed by atoms with Gasteiger partial charge in [-0.05, 0) is 31.3 Å². The molecule has 100 valence electrons. The van der Waals surface area contributed by atoms with Gasteiger partial charge in [-0.2, -0.15) is 0 Å². The van der Waals surface area contributed by atoms with Gasteiger partial charge in [0.05, 0.1) is 12.1 Å². The van der Waals surface area contributed by atoms with Gasteiger partial charge in [-0.3, -0.25) is 4.79 Å². The molecule has 0 bridgehead atoms. The normalized spacial score (nSPS) is 18.9. The molecule has 5 heteroatoms. The Labute approximate surface area is 112 Å². The standard InChI is InChI=1S/C13H20N2O2S/c1-14-12(9-11-3-2-8-18-11)13(17)15-6-4-10(16)5-7-15/h2-3,8,10,12,14,16H,4-7,9H2,1H3/t12-/m1/s1. The van der Waals surface area contributed by atoms with Crippen molar-refractivity contribution in [2.45, 2.75) is 31.4 Å². The maximum atomic E-state index is 12.3. The number of likely N-dealkylation sites (tertiary alicyclic amines) is 1. The summed E-state index contributed by atoms with van der Waals surface area (Å²) < 4.78 is 0. The Hall–Kier alpha value is -0.910. The molecule has 0 unspecified atom stereocenters. The van der Waals surface area contributed by atoms with E-state index in [1.165, 1.54) is 4.88 Å². The molecule has 0 saturated carbocycles. The molecular formula is C13H20N2O2S. The van der Waals surface area contributed by atoms with Crippen molar-refractivity contribution in [1.82, 2.24) is 10.2 Å². The molecule has 1 aliphatic rings. The summed E-state index contributed by atoms with van der Waals surface area (Å²) in [5.41, 5.74) is 0. The van der Waals surface area contributed by atoms with Crippen molar-refractivity contribution in [3.05, 3.63) is 22.4 Å². The second kappa shape index (κ2) is 6.31. The first-order chi connectivity index (χ1) is 8.70. The number of nitrogens with one attached hydrogen (secondary N) is 1. The summed E-state index contributed by atoms with van der Waals surface area (Å²) in [7, 11) is 1.83. The van der Waals surface area contributed by atoms with Crippen LogP contribution in [0.2, 0.25) is 0 Å². The van der Waals surface area contributed by atoms with Crippen LogP contribution in [0.4, 0.5) is 0 Å². The van der Waals surface area contributed by atoms with Gasteiger partial charge in [-0.15, -0.1) is 11.3 Å². The van der Waals surface area contributed by atoms with Crippen LogP contribution in [0, 0.1) is 0 Å². The van der Waals surface area contributed by atoms with E-state index < -0.39 is 0 Å². The van der Waals surface area contributed by atoms with Gasteiger partial charge in [0.15, 0.2) is 0 Å². The molecule has 0 aliphatic carbocycles. The van der Waals surface area contributed by atoms with Gasteiger partial charge in [0.2, 0.25) is 5.91 Å². The Balaban J connectivity index is 1.93. The number of amides is 1. The van der Waals surface area contributed by atoms with Crippen LogP contribution in [0.15, 0.2) is 17.5 Å². The van der Waals surface area contributed by atoms with Crippen LogP contribution in [-0.4, -0.2) is 48.2 Å². The summed E-state index contributed by atoms with van der Waals surface area (Å²) in [5.74, 6) is 0.151. The summed E-state index contributed by atoms with van der Waals surface area (Å²) in [4.78, 5) is 15.4. The number of hydrogen-bond donors (Lipinski definition) is 2. The van der Waals surface area contributed by atoms with Crippen molar-refractivity contribution >= 4 is 17.2 Å². The minimum absolute atomic E-state index is 0.151. The van der Waals surface area contributed by atoms with Crippen LogP contribution in [0.25, 0.3) is 0 Å². The van der Waals surface area contributed by atoms with E-state index in [4.69, 9.17) is 0 Å². The van der Waals surface area contributed by atoms with Crippen LogP contribution in [0.3, 0.4) is 0 Å². The number of piperidine rings is 1. The van der Waals surface area contributed by atoms with Gasteiger partial charge in [0.1, 0.15) is 0 Å². The van der Waals surface area contributed by atoms with Gasteiger partial charge < -0.3 is 15.3 Å². The van der Waals surface area contributed by atoms with Crippen molar-refractivity contribution in [2.75, 3.05) is 20.1 Å². The van der Waals surface area contributed by atoms with Crippen molar-refractivity contribution in [1.29, 1.82) is 0 Å². The summed E-state index contributed by atoms with van der Waals surface area (Å²) in [6.07, 6.45) is 1.90. The van der Waals surface area contributed by atoms with Crippen molar-refractivity contribution in [2.24, 2.45) is 0 Å². The monoisotopic (exact) mass is 268 g/mol. The van der Waals surface area contributed by atoms with E-state index in [2.05, 4.69) is 11.4 Å². The van der Waals surface area contributed by atoms with Gasteiger partial charge in [0, 0.05) is 24.4 Å². The molecule has 1 aliphatic heterocycles. The number of carbonyl (C=O) groups is 1. The number of nitrogens with zero attached hydrogens (tertiary/aromatic N) is 1. The SMILES string of the molecule is CN[C@H](Cc1cccs1)C(=O)N1CCC(O)CC1. The van der Waals surface area contributed by atoms with E-state index in [0.29, 0.717) is 25.9 Å². The van der Waals surface area contributed by atoms with Crippen LogP contribution in [0.1, 0.15) is 17.7 Å². The highest BCUT2D eigenvalue weighted by Crippen LogP contribution is 2.15. The molecule has 0 aromatic carbocycles. The molecule has 0 spiro atoms. The third-order valence-electron chi connectivity index (χ3n) is 3.41. The van der Waals surface area contributed by atoms with Gasteiger partial charge >= 0.3 is 0 Å². The van der Waals surface area contributed by atoms with Crippen molar-refractivity contribution < 1.29 is 9.90 Å². The predicted molar refractivity (Wildman–Crippen MR) is 72.7 cm³/mol. The third kappa shape index (κ3) is 3.31. The summed E-state index contributed by atoms with van der Waals surface area (Å²) >= 11 is 1.68. The first kappa shape index (κ1) is 13.5. The first-order valence-corrected chi connectivity index (χ1v) is 7.25. The predicted octanol–water partition coefficient (Wildman–Crippen LogP) is 0.862. The molecule has 1 aromatic rings. The van der Waals surface area contributed by atoms with Crippen LogP contribution < -0.4 is 5.32 Å². The zero-order chi connectivity index (χ0) is 13.0. The summed E-state index contributed by atoms with van der Waals surface area (Å²) in [6, 6.07) is 3.91. The maximum absolute atomic E-state index is 12.3. The molecule has 2 rings (SSSR count). The largest absolute Gasteiger partial charge is 0.393 e. The van der Waals surface area contributed by atoms with Crippen LogP contribution in [0.5, 0.6) is 0 Å². The number of aliphatic hydroxyl groups excluding tert-OH is 1. The number of hydrogen-bond acceptors (Lipinski definition) is 4. The average molecular weight is 268 g/mol. The Morgan fingerprint density at radius 1 is 1.61 bits per heavy atom. The number of aliphatic hydroxyl groups is 1. The van der Waals surface area contributed by atoms with Crippen molar-refractivity contribution in [3.8, 4) is 0 Å². The lowest BCUT2D eigenvalue weighted by Crippen LogP contribution is -2.49. The molecule has 2 heterocycles. The molecule has 1 fully saturated rings. The quantitative estimate of drug-likeness (QED) is 0.851. The Kier molecular flexibility index (Phi) is 4.74. The highest BCUT2D eigenvalue weighted by atomic mass is 32.1. The molecule has 2 N–H and O–H groups in total. The summed E-state index contributed by atoms with van der Waals surface area (Å²) in [5, 5.41) is 14.6. The smallest absolute Gasteiger partial charge is 0.240 e. The topological polar surface area (TPSA) is 52.6 Å². The second-order valence-corrected chi connectivity index (χ2v) is 5.71. The minimum atomic E-state index is -0.237. The van der Waals surface area contributed by atoms with E-state index in [1.54, 1.807) is 11.3 Å². The number of likely N-dealkylation sites (N-methyl/N-ethyl adjacent to an activating group) is 1. The molecule has 0 radical (unpaired) electrons. The average Bonchev–Trinajstić information content (AvgIpc) is 2.89. The zero-order valence-electron chi connectivity index (χ0n) is 10.6. The van der Waals surface area contributed by atoms with Gasteiger partial charge in [0.25, 0.3) is 0 Å². The van der Waals surface area contributed by atoms with E-state index >= 15 is 0 Å². The fourth-order valence-corrected chi connectivity index (χ4v) is 3.00. The minimum Gasteiger partial charge on any atom is -0.393 e. The molecular weight excluding hydrogens is 248 g/mol. The molecule has 1 atom stereocenters. The Morgan fingerprint density at radius 2 is 2.33 bits per heavy atom. The van der Waals surface area contributed by atoms with E-state index in [1.807, 2.05) is 23.4 Å². The Morgan fingerprint density at radius 3 is 2.89 bits per heavy atom. The maximum Gasteiger partial charge on any atom is 0.240 e. The van der Waals surface area contributed by atoms with E-state index in [0.717, 1.165) is 6.42 Å². The van der Waals surface area contributed by atoms with E-state index in [9.17, 15) is 9.90 Å². The fraction of sp³-hybridized carbons (Fsp3) is 0.615. The third-order valence-corrected chi connectivity index (χ3v) is 4.31.